The Morgan fingerprint density at radius 2 is 1.75 bits per heavy atom. The number of carbonyl (C=O) groups excluding carboxylic acids is 1. The van der Waals surface area contributed by atoms with Crippen LogP contribution in [0, 0.1) is 5.41 Å². The molecule has 0 radical (unpaired) electrons. The van der Waals surface area contributed by atoms with E-state index >= 15 is 0 Å². The van der Waals surface area contributed by atoms with Crippen molar-refractivity contribution in [2.24, 2.45) is 5.41 Å². The fourth-order valence-corrected chi connectivity index (χ4v) is 1.98. The van der Waals surface area contributed by atoms with Crippen molar-refractivity contribution in [1.82, 2.24) is 9.80 Å². The Morgan fingerprint density at radius 3 is 2.12 bits per heavy atom. The normalized spacial score (nSPS) is 20.9. The van der Waals surface area contributed by atoms with E-state index in [4.69, 9.17) is 0 Å². The van der Waals surface area contributed by atoms with Crippen molar-refractivity contribution in [2.45, 2.75) is 33.8 Å². The molecule has 1 aliphatic rings. The van der Waals surface area contributed by atoms with Gasteiger partial charge in [0.15, 0.2) is 0 Å². The Labute approximate surface area is 98.2 Å². The predicted molar refractivity (Wildman–Crippen MR) is 64.2 cm³/mol. The van der Waals surface area contributed by atoms with Crippen LogP contribution in [0.3, 0.4) is 0 Å². The maximum atomic E-state index is 12.0. The number of β-amino-alcohol motifs (C(OH)–C–C–N with tert-alkyl or cyclic N) is 1. The lowest BCUT2D eigenvalue weighted by molar-refractivity contribution is -0.141. The van der Waals surface area contributed by atoms with Crippen LogP contribution in [0.1, 0.15) is 27.7 Å². The van der Waals surface area contributed by atoms with Gasteiger partial charge in [0.1, 0.15) is 0 Å². The molecule has 0 aliphatic carbocycles. The van der Waals surface area contributed by atoms with E-state index in [1.165, 1.54) is 0 Å². The van der Waals surface area contributed by atoms with E-state index in [-0.39, 0.29) is 17.4 Å². The number of hydrogen-bond acceptors (Lipinski definition) is 3. The van der Waals surface area contributed by atoms with Crippen LogP contribution in [0.25, 0.3) is 0 Å². The highest BCUT2D eigenvalue weighted by atomic mass is 16.3. The van der Waals surface area contributed by atoms with E-state index in [0.29, 0.717) is 6.54 Å². The van der Waals surface area contributed by atoms with Crippen LogP contribution in [-0.2, 0) is 4.79 Å². The summed E-state index contributed by atoms with van der Waals surface area (Å²) < 4.78 is 0. The standard InChI is InChI=1S/C12H24N2O2/c1-10(15)9-13-5-7-14(8-6-13)11(16)12(2,3)4/h10,15H,5-9H2,1-4H3. The van der Waals surface area contributed by atoms with Crippen molar-refractivity contribution >= 4 is 5.91 Å². The number of amides is 1. The minimum absolute atomic E-state index is 0.226. The monoisotopic (exact) mass is 228 g/mol. The average molecular weight is 228 g/mol. The first-order chi connectivity index (χ1) is 7.30. The average Bonchev–Trinajstić information content (AvgIpc) is 2.15. The summed E-state index contributed by atoms with van der Waals surface area (Å²) in [5, 5.41) is 9.29. The Bertz CT molecular complexity index is 238. The molecule has 1 atom stereocenters. The van der Waals surface area contributed by atoms with Gasteiger partial charge in [-0.1, -0.05) is 20.8 Å². The molecule has 0 spiro atoms. The second-order valence-corrected chi connectivity index (χ2v) is 5.69. The summed E-state index contributed by atoms with van der Waals surface area (Å²) in [6.07, 6.45) is -0.287. The topological polar surface area (TPSA) is 43.8 Å². The molecule has 1 fully saturated rings. The van der Waals surface area contributed by atoms with E-state index < -0.39 is 0 Å². The summed E-state index contributed by atoms with van der Waals surface area (Å²) in [6.45, 7) is 11.7. The van der Waals surface area contributed by atoms with Crippen LogP contribution in [-0.4, -0.2) is 59.6 Å². The van der Waals surface area contributed by atoms with Gasteiger partial charge in [0.25, 0.3) is 0 Å². The van der Waals surface area contributed by atoms with E-state index in [1.807, 2.05) is 25.7 Å². The molecule has 94 valence electrons. The summed E-state index contributed by atoms with van der Waals surface area (Å²) in [6, 6.07) is 0. The Hall–Kier alpha value is -0.610. The molecular formula is C12H24N2O2. The molecular weight excluding hydrogens is 204 g/mol. The predicted octanol–water partition coefficient (Wildman–Crippen LogP) is 0.557. The lowest BCUT2D eigenvalue weighted by Crippen LogP contribution is -2.52. The third kappa shape index (κ3) is 3.76. The zero-order valence-corrected chi connectivity index (χ0v) is 10.9. The minimum atomic E-state index is -0.287. The molecule has 1 rings (SSSR count). The smallest absolute Gasteiger partial charge is 0.228 e. The largest absolute Gasteiger partial charge is 0.392 e. The molecule has 0 bridgehead atoms. The van der Waals surface area contributed by atoms with Crippen LogP contribution >= 0.6 is 0 Å². The molecule has 1 N–H and O–H groups in total. The van der Waals surface area contributed by atoms with E-state index in [0.717, 1.165) is 26.2 Å². The number of rotatable bonds is 2. The van der Waals surface area contributed by atoms with Crippen LogP contribution in [0.5, 0.6) is 0 Å². The molecule has 4 heteroatoms. The van der Waals surface area contributed by atoms with Gasteiger partial charge in [-0.25, -0.2) is 0 Å². The van der Waals surface area contributed by atoms with Gasteiger partial charge >= 0.3 is 0 Å². The van der Waals surface area contributed by atoms with Crippen molar-refractivity contribution in [2.75, 3.05) is 32.7 Å². The molecule has 0 aromatic heterocycles. The fourth-order valence-electron chi connectivity index (χ4n) is 1.98. The van der Waals surface area contributed by atoms with Crippen molar-refractivity contribution in [3.05, 3.63) is 0 Å². The number of carbonyl (C=O) groups is 1. The van der Waals surface area contributed by atoms with Gasteiger partial charge in [-0.15, -0.1) is 0 Å². The Balaban J connectivity index is 2.40. The summed E-state index contributed by atoms with van der Waals surface area (Å²) in [7, 11) is 0. The summed E-state index contributed by atoms with van der Waals surface area (Å²) >= 11 is 0. The quantitative estimate of drug-likeness (QED) is 0.751. The molecule has 16 heavy (non-hydrogen) atoms. The molecule has 1 saturated heterocycles. The second kappa shape index (κ2) is 5.15. The third-order valence-corrected chi connectivity index (χ3v) is 2.82. The maximum Gasteiger partial charge on any atom is 0.228 e. The van der Waals surface area contributed by atoms with Gasteiger partial charge in [0, 0.05) is 38.1 Å². The molecule has 0 aromatic rings. The van der Waals surface area contributed by atoms with E-state index in [9.17, 15) is 9.90 Å². The lowest BCUT2D eigenvalue weighted by atomic mass is 9.94. The van der Waals surface area contributed by atoms with E-state index in [1.54, 1.807) is 6.92 Å². The molecule has 1 heterocycles. The highest BCUT2D eigenvalue weighted by Crippen LogP contribution is 2.18. The first-order valence-corrected chi connectivity index (χ1v) is 6.00. The summed E-state index contributed by atoms with van der Waals surface area (Å²) in [5.74, 6) is 0.226. The molecule has 1 unspecified atom stereocenters. The van der Waals surface area contributed by atoms with Crippen molar-refractivity contribution in [3.63, 3.8) is 0 Å². The highest BCUT2D eigenvalue weighted by molar-refractivity contribution is 5.81. The van der Waals surface area contributed by atoms with Crippen molar-refractivity contribution in [3.8, 4) is 0 Å². The van der Waals surface area contributed by atoms with Crippen LogP contribution < -0.4 is 0 Å². The van der Waals surface area contributed by atoms with E-state index in [2.05, 4.69) is 4.90 Å². The van der Waals surface area contributed by atoms with Crippen molar-refractivity contribution in [1.29, 1.82) is 0 Å². The zero-order chi connectivity index (χ0) is 12.3. The van der Waals surface area contributed by atoms with Gasteiger partial charge < -0.3 is 10.0 Å². The highest BCUT2D eigenvalue weighted by Gasteiger charge is 2.29. The SMILES string of the molecule is CC(O)CN1CCN(C(=O)C(C)(C)C)CC1. The second-order valence-electron chi connectivity index (χ2n) is 5.69. The number of aliphatic hydroxyl groups is 1. The van der Waals surface area contributed by atoms with Gasteiger partial charge in [-0.3, -0.25) is 9.69 Å². The van der Waals surface area contributed by atoms with Crippen LogP contribution in [0.15, 0.2) is 0 Å². The molecule has 0 aromatic carbocycles. The first-order valence-electron chi connectivity index (χ1n) is 6.00. The van der Waals surface area contributed by atoms with Crippen molar-refractivity contribution < 1.29 is 9.90 Å². The first kappa shape index (κ1) is 13.5. The molecule has 0 saturated carbocycles. The Morgan fingerprint density at radius 1 is 1.25 bits per heavy atom. The number of nitrogens with zero attached hydrogens (tertiary/aromatic N) is 2. The molecule has 4 nitrogen and oxygen atoms in total. The molecule has 1 amide bonds. The number of hydrogen-bond donors (Lipinski definition) is 1. The Kier molecular flexibility index (Phi) is 4.33. The van der Waals surface area contributed by atoms with Gasteiger partial charge in [-0.2, -0.15) is 0 Å². The van der Waals surface area contributed by atoms with Gasteiger partial charge in [0.05, 0.1) is 6.10 Å². The molecule has 1 aliphatic heterocycles. The van der Waals surface area contributed by atoms with Gasteiger partial charge in [-0.05, 0) is 6.92 Å². The van der Waals surface area contributed by atoms with Crippen LogP contribution in [0.4, 0.5) is 0 Å². The minimum Gasteiger partial charge on any atom is -0.392 e. The number of aliphatic hydroxyl groups excluding tert-OH is 1. The fraction of sp³-hybridized carbons (Fsp3) is 0.917. The summed E-state index contributed by atoms with van der Waals surface area (Å²) in [4.78, 5) is 16.1. The van der Waals surface area contributed by atoms with Gasteiger partial charge in [0.2, 0.25) is 5.91 Å². The number of piperazine rings is 1. The summed E-state index contributed by atoms with van der Waals surface area (Å²) in [5.41, 5.74) is -0.285. The zero-order valence-electron chi connectivity index (χ0n) is 10.9. The third-order valence-electron chi connectivity index (χ3n) is 2.82. The van der Waals surface area contributed by atoms with Crippen LogP contribution in [0.2, 0.25) is 0 Å². The lowest BCUT2D eigenvalue weighted by Gasteiger charge is -2.38. The maximum absolute atomic E-state index is 12.0.